The number of carbonyl (C=O) groups excluding carboxylic acids is 1. The second-order valence-corrected chi connectivity index (χ2v) is 5.57. The van der Waals surface area contributed by atoms with Gasteiger partial charge in [-0.05, 0) is 47.1 Å². The second kappa shape index (κ2) is 6.24. The first kappa shape index (κ1) is 15.5. The molecular weight excluding hydrogens is 360 g/mol. The van der Waals surface area contributed by atoms with Gasteiger partial charge in [0.2, 0.25) is 0 Å². The molecule has 0 aliphatic rings. The molecule has 7 heteroatoms. The van der Waals surface area contributed by atoms with Gasteiger partial charge in [-0.25, -0.2) is 0 Å². The molecule has 0 atom stereocenters. The third kappa shape index (κ3) is 3.40. The van der Waals surface area contributed by atoms with Crippen molar-refractivity contribution in [1.29, 1.82) is 0 Å². The van der Waals surface area contributed by atoms with E-state index in [1.165, 1.54) is 6.07 Å². The molecule has 0 bridgehead atoms. The van der Waals surface area contributed by atoms with Gasteiger partial charge < -0.3 is 5.32 Å². The highest BCUT2D eigenvalue weighted by atomic mass is 79.9. The highest BCUT2D eigenvalue weighted by Gasteiger charge is 2.22. The molecule has 0 aromatic heterocycles. The second-order valence-electron chi connectivity index (χ2n) is 4.31. The van der Waals surface area contributed by atoms with Gasteiger partial charge in [0.15, 0.2) is 0 Å². The zero-order valence-electron chi connectivity index (χ0n) is 10.9. The summed E-state index contributed by atoms with van der Waals surface area (Å²) in [6.07, 6.45) is 0. The summed E-state index contributed by atoms with van der Waals surface area (Å²) in [5.74, 6) is -0.542. The topological polar surface area (TPSA) is 72.2 Å². The molecule has 0 heterocycles. The number of rotatable bonds is 3. The molecule has 0 unspecified atom stereocenters. The summed E-state index contributed by atoms with van der Waals surface area (Å²) >= 11 is 9.12. The number of nitrogens with zero attached hydrogens (tertiary/aromatic N) is 1. The van der Waals surface area contributed by atoms with E-state index in [0.29, 0.717) is 20.7 Å². The lowest BCUT2D eigenvalue weighted by molar-refractivity contribution is -0.385. The molecule has 2 aromatic rings. The Morgan fingerprint density at radius 2 is 2.05 bits per heavy atom. The van der Waals surface area contributed by atoms with Crippen molar-refractivity contribution in [3.63, 3.8) is 0 Å². The van der Waals surface area contributed by atoms with Gasteiger partial charge >= 0.3 is 0 Å². The van der Waals surface area contributed by atoms with E-state index in [1.807, 2.05) is 0 Å². The van der Waals surface area contributed by atoms with Gasteiger partial charge in [-0.15, -0.1) is 0 Å². The zero-order valence-corrected chi connectivity index (χ0v) is 13.2. The minimum Gasteiger partial charge on any atom is -0.322 e. The van der Waals surface area contributed by atoms with Gasteiger partial charge in [-0.1, -0.05) is 23.7 Å². The number of nitrogens with one attached hydrogen (secondary N) is 1. The number of nitro groups is 1. The first-order chi connectivity index (χ1) is 9.90. The predicted molar refractivity (Wildman–Crippen MR) is 84.9 cm³/mol. The largest absolute Gasteiger partial charge is 0.322 e. The van der Waals surface area contributed by atoms with Crippen LogP contribution < -0.4 is 5.32 Å². The van der Waals surface area contributed by atoms with Crippen molar-refractivity contribution >= 4 is 44.8 Å². The molecule has 0 aliphatic carbocycles. The predicted octanol–water partition coefficient (Wildman–Crippen LogP) is 4.57. The van der Waals surface area contributed by atoms with E-state index >= 15 is 0 Å². The molecule has 5 nitrogen and oxygen atoms in total. The van der Waals surface area contributed by atoms with Crippen molar-refractivity contribution in [2.75, 3.05) is 5.32 Å². The monoisotopic (exact) mass is 368 g/mol. The maximum absolute atomic E-state index is 12.2. The summed E-state index contributed by atoms with van der Waals surface area (Å²) in [6, 6.07) is 9.48. The Bertz CT molecular complexity index is 734. The molecule has 0 saturated carbocycles. The van der Waals surface area contributed by atoms with E-state index in [-0.39, 0.29) is 11.3 Å². The smallest absolute Gasteiger partial charge is 0.285 e. The minimum absolute atomic E-state index is 0.0195. The fourth-order valence-corrected chi connectivity index (χ4v) is 2.35. The quantitative estimate of drug-likeness (QED) is 0.636. The van der Waals surface area contributed by atoms with Crippen LogP contribution in [-0.4, -0.2) is 10.8 Å². The molecule has 2 aromatic carbocycles. The van der Waals surface area contributed by atoms with Crippen molar-refractivity contribution in [3.05, 3.63) is 67.1 Å². The molecule has 108 valence electrons. The number of carbonyl (C=O) groups is 1. The van der Waals surface area contributed by atoms with Crippen molar-refractivity contribution in [1.82, 2.24) is 0 Å². The molecule has 2 rings (SSSR count). The van der Waals surface area contributed by atoms with Gasteiger partial charge in [0.05, 0.1) is 9.95 Å². The number of para-hydroxylation sites is 1. The standard InChI is InChI=1S/C14H10BrClN2O3/c1-8-3-2-4-10(13(8)18(20)21)14(19)17-9-5-6-12(16)11(15)7-9/h2-7H,1H3,(H,17,19). The highest BCUT2D eigenvalue weighted by molar-refractivity contribution is 9.10. The fraction of sp³-hybridized carbons (Fsp3) is 0.0714. The summed E-state index contributed by atoms with van der Waals surface area (Å²) < 4.78 is 0.626. The first-order valence-corrected chi connectivity index (χ1v) is 7.07. The maximum atomic E-state index is 12.2. The number of aryl methyl sites for hydroxylation is 1. The van der Waals surface area contributed by atoms with Crippen molar-refractivity contribution in [3.8, 4) is 0 Å². The van der Waals surface area contributed by atoms with Gasteiger partial charge in [-0.2, -0.15) is 0 Å². The number of halogens is 2. The number of benzene rings is 2. The molecule has 0 saturated heterocycles. The average molecular weight is 370 g/mol. The molecular formula is C14H10BrClN2O3. The first-order valence-electron chi connectivity index (χ1n) is 5.90. The normalized spacial score (nSPS) is 10.2. The molecule has 0 aliphatic heterocycles. The van der Waals surface area contributed by atoms with E-state index in [1.54, 1.807) is 37.3 Å². The van der Waals surface area contributed by atoms with Crippen LogP contribution in [0.5, 0.6) is 0 Å². The fourth-order valence-electron chi connectivity index (χ4n) is 1.86. The number of hydrogen-bond donors (Lipinski definition) is 1. The summed E-state index contributed by atoms with van der Waals surface area (Å²) in [6.45, 7) is 1.59. The molecule has 21 heavy (non-hydrogen) atoms. The van der Waals surface area contributed by atoms with Gasteiger partial charge in [0, 0.05) is 15.7 Å². The zero-order chi connectivity index (χ0) is 15.6. The molecule has 1 N–H and O–H groups in total. The molecule has 0 fully saturated rings. The Hall–Kier alpha value is -1.92. The lowest BCUT2D eigenvalue weighted by atomic mass is 10.1. The van der Waals surface area contributed by atoms with E-state index in [9.17, 15) is 14.9 Å². The van der Waals surface area contributed by atoms with Crippen LogP contribution in [-0.2, 0) is 0 Å². The average Bonchev–Trinajstić information content (AvgIpc) is 2.42. The van der Waals surface area contributed by atoms with Crippen LogP contribution in [0.3, 0.4) is 0 Å². The van der Waals surface area contributed by atoms with Gasteiger partial charge in [-0.3, -0.25) is 14.9 Å². The maximum Gasteiger partial charge on any atom is 0.285 e. The van der Waals surface area contributed by atoms with Crippen LogP contribution in [0.1, 0.15) is 15.9 Å². The van der Waals surface area contributed by atoms with E-state index in [0.717, 1.165) is 0 Å². The summed E-state index contributed by atoms with van der Waals surface area (Å²) in [4.78, 5) is 22.8. The summed E-state index contributed by atoms with van der Waals surface area (Å²) in [5, 5.41) is 14.2. The molecule has 1 amide bonds. The summed E-state index contributed by atoms with van der Waals surface area (Å²) in [5.41, 5.74) is 0.756. The Morgan fingerprint density at radius 1 is 1.33 bits per heavy atom. The van der Waals surface area contributed by atoms with Crippen LogP contribution >= 0.6 is 27.5 Å². The van der Waals surface area contributed by atoms with Crippen molar-refractivity contribution in [2.24, 2.45) is 0 Å². The van der Waals surface area contributed by atoms with Crippen LogP contribution in [0.2, 0.25) is 5.02 Å². The number of nitro benzene ring substituents is 1. The Kier molecular flexibility index (Phi) is 4.59. The molecule has 0 radical (unpaired) electrons. The Labute approximate surface area is 134 Å². The third-order valence-corrected chi connectivity index (χ3v) is 4.06. The number of anilines is 1. The van der Waals surface area contributed by atoms with Crippen LogP contribution in [0.4, 0.5) is 11.4 Å². The van der Waals surface area contributed by atoms with E-state index in [4.69, 9.17) is 11.6 Å². The van der Waals surface area contributed by atoms with Gasteiger partial charge in [0.25, 0.3) is 11.6 Å². The van der Waals surface area contributed by atoms with E-state index < -0.39 is 10.8 Å². The van der Waals surface area contributed by atoms with Crippen molar-refractivity contribution < 1.29 is 9.72 Å². The molecule has 0 spiro atoms. The number of hydrogen-bond acceptors (Lipinski definition) is 3. The lowest BCUT2D eigenvalue weighted by Crippen LogP contribution is -2.14. The SMILES string of the molecule is Cc1cccc(C(=O)Nc2ccc(Cl)c(Br)c2)c1[N+](=O)[O-]. The minimum atomic E-state index is -0.554. The van der Waals surface area contributed by atoms with Crippen molar-refractivity contribution in [2.45, 2.75) is 6.92 Å². The third-order valence-electron chi connectivity index (χ3n) is 2.84. The van der Waals surface area contributed by atoms with E-state index in [2.05, 4.69) is 21.2 Å². The Morgan fingerprint density at radius 3 is 2.67 bits per heavy atom. The van der Waals surface area contributed by atoms with Crippen LogP contribution in [0.25, 0.3) is 0 Å². The number of amides is 1. The van der Waals surface area contributed by atoms with Gasteiger partial charge in [0.1, 0.15) is 5.56 Å². The van der Waals surface area contributed by atoms with Crippen LogP contribution in [0.15, 0.2) is 40.9 Å². The van der Waals surface area contributed by atoms with Crippen LogP contribution in [0, 0.1) is 17.0 Å². The Balaban J connectivity index is 2.35. The summed E-state index contributed by atoms with van der Waals surface area (Å²) in [7, 11) is 0. The highest BCUT2D eigenvalue weighted by Crippen LogP contribution is 2.27. The lowest BCUT2D eigenvalue weighted by Gasteiger charge is -2.08.